The van der Waals surface area contributed by atoms with E-state index in [1.165, 1.54) is 0 Å². The highest BCUT2D eigenvalue weighted by Crippen LogP contribution is 2.31. The summed E-state index contributed by atoms with van der Waals surface area (Å²) in [5.41, 5.74) is 2.75. The minimum absolute atomic E-state index is 0.0424. The average molecular weight is 571 g/mol. The lowest BCUT2D eigenvalue weighted by atomic mass is 9.99. The lowest BCUT2D eigenvalue weighted by molar-refractivity contribution is -0.192. The molecule has 2 aliphatic rings. The number of hydrogen-bond donors (Lipinski definition) is 3. The number of piperidine rings is 1. The summed E-state index contributed by atoms with van der Waals surface area (Å²) in [6, 6.07) is 12.2. The second kappa shape index (κ2) is 12.7. The number of alkyl halides is 3. The number of aryl methyl sites for hydroxylation is 1. The zero-order valence-electron chi connectivity index (χ0n) is 21.8. The number of halogens is 3. The average Bonchev–Trinajstić information content (AvgIpc) is 2.88. The smallest absolute Gasteiger partial charge is 0.475 e. The van der Waals surface area contributed by atoms with Gasteiger partial charge in [0.25, 0.3) is 15.9 Å². The molecule has 9 nitrogen and oxygen atoms in total. The molecule has 0 bridgehead atoms. The van der Waals surface area contributed by atoms with E-state index in [-0.39, 0.29) is 10.8 Å². The molecule has 13 heteroatoms. The Balaban J connectivity index is 0.000000532. The Bertz CT molecular complexity index is 1260. The van der Waals surface area contributed by atoms with Crippen LogP contribution in [-0.2, 0) is 14.8 Å². The van der Waals surface area contributed by atoms with Gasteiger partial charge in [0, 0.05) is 44.8 Å². The Kier molecular flexibility index (Phi) is 9.83. The number of nitrogens with one attached hydrogen (secondary N) is 2. The predicted molar refractivity (Wildman–Crippen MR) is 142 cm³/mol. The molecule has 2 aromatic rings. The second-order valence-corrected chi connectivity index (χ2v) is 11.4. The van der Waals surface area contributed by atoms with E-state index >= 15 is 0 Å². The number of benzene rings is 2. The molecular weight excluding hydrogens is 537 g/mol. The summed E-state index contributed by atoms with van der Waals surface area (Å²) < 4.78 is 60.8. The fraction of sp³-hybridized carbons (Fsp3) is 0.462. The predicted octanol–water partition coefficient (Wildman–Crippen LogP) is 3.71. The molecule has 3 N–H and O–H groups in total. The molecule has 214 valence electrons. The molecule has 1 amide bonds. The molecule has 39 heavy (non-hydrogen) atoms. The van der Waals surface area contributed by atoms with Gasteiger partial charge in [-0.15, -0.1) is 0 Å². The number of hydrogen-bond acceptors (Lipinski definition) is 6. The number of amides is 1. The van der Waals surface area contributed by atoms with Gasteiger partial charge < -0.3 is 20.2 Å². The SMILES string of the molecule is Cc1ccc(S(=O)(=O)Nc2cc(C(=O)N3CCCC(C)C3)ccc2N2CCNCC2)cc1.O=C(O)C(F)(F)F. The number of carboxylic acid groups (broad SMARTS) is 1. The largest absolute Gasteiger partial charge is 0.490 e. The van der Waals surface area contributed by atoms with E-state index in [2.05, 4.69) is 21.9 Å². The number of sulfonamides is 1. The maximum absolute atomic E-state index is 13.2. The first-order valence-corrected chi connectivity index (χ1v) is 14.0. The molecular formula is C26H33F3N4O5S. The van der Waals surface area contributed by atoms with Gasteiger partial charge in [-0.05, 0) is 56.0 Å². The lowest BCUT2D eigenvalue weighted by Crippen LogP contribution is -2.44. The van der Waals surface area contributed by atoms with Crippen LogP contribution in [0.4, 0.5) is 24.5 Å². The molecule has 1 atom stereocenters. The van der Waals surface area contributed by atoms with Gasteiger partial charge in [-0.25, -0.2) is 13.2 Å². The van der Waals surface area contributed by atoms with Gasteiger partial charge >= 0.3 is 12.1 Å². The number of carboxylic acids is 1. The molecule has 2 aromatic carbocycles. The first-order chi connectivity index (χ1) is 18.3. The highest BCUT2D eigenvalue weighted by Gasteiger charge is 2.38. The van der Waals surface area contributed by atoms with Crippen LogP contribution < -0.4 is 14.9 Å². The molecule has 0 saturated carbocycles. The third kappa shape index (κ3) is 8.33. The van der Waals surface area contributed by atoms with Gasteiger partial charge in [-0.2, -0.15) is 13.2 Å². The molecule has 2 heterocycles. The highest BCUT2D eigenvalue weighted by molar-refractivity contribution is 7.92. The number of carbonyl (C=O) groups is 2. The number of piperazine rings is 1. The summed E-state index contributed by atoms with van der Waals surface area (Å²) in [6.45, 7) is 8.77. The van der Waals surface area contributed by atoms with Crippen molar-refractivity contribution in [1.29, 1.82) is 0 Å². The molecule has 0 spiro atoms. The Morgan fingerprint density at radius 3 is 2.23 bits per heavy atom. The summed E-state index contributed by atoms with van der Waals surface area (Å²) in [6.07, 6.45) is -2.95. The van der Waals surface area contributed by atoms with Crippen LogP contribution in [-0.4, -0.2) is 75.7 Å². The molecule has 2 fully saturated rings. The molecule has 2 aliphatic heterocycles. The third-order valence-corrected chi connectivity index (χ3v) is 7.84. The van der Waals surface area contributed by atoms with Crippen molar-refractivity contribution in [3.05, 3.63) is 53.6 Å². The van der Waals surface area contributed by atoms with Crippen molar-refractivity contribution < 1.29 is 36.3 Å². The quantitative estimate of drug-likeness (QED) is 0.502. The van der Waals surface area contributed by atoms with E-state index in [4.69, 9.17) is 9.90 Å². The summed E-state index contributed by atoms with van der Waals surface area (Å²) >= 11 is 0. The number of rotatable bonds is 5. The summed E-state index contributed by atoms with van der Waals surface area (Å²) in [5, 5.41) is 10.4. The van der Waals surface area contributed by atoms with E-state index in [9.17, 15) is 26.4 Å². The fourth-order valence-corrected chi connectivity index (χ4v) is 5.48. The molecule has 0 radical (unpaired) electrons. The summed E-state index contributed by atoms with van der Waals surface area (Å²) in [5.74, 6) is -2.32. The highest BCUT2D eigenvalue weighted by atomic mass is 32.2. The van der Waals surface area contributed by atoms with Crippen LogP contribution in [0.2, 0.25) is 0 Å². The van der Waals surface area contributed by atoms with E-state index in [0.717, 1.165) is 63.4 Å². The van der Waals surface area contributed by atoms with Crippen LogP contribution in [0.1, 0.15) is 35.7 Å². The monoisotopic (exact) mass is 570 g/mol. The van der Waals surface area contributed by atoms with Crippen LogP contribution in [0.5, 0.6) is 0 Å². The van der Waals surface area contributed by atoms with Gasteiger partial charge in [-0.1, -0.05) is 24.6 Å². The van der Waals surface area contributed by atoms with E-state index < -0.39 is 22.2 Å². The number of nitrogens with zero attached hydrogens (tertiary/aromatic N) is 2. The van der Waals surface area contributed by atoms with E-state index in [0.29, 0.717) is 17.2 Å². The van der Waals surface area contributed by atoms with Gasteiger partial charge in [-0.3, -0.25) is 9.52 Å². The minimum Gasteiger partial charge on any atom is -0.475 e. The molecule has 0 aromatic heterocycles. The first kappa shape index (κ1) is 30.2. The van der Waals surface area contributed by atoms with Crippen molar-refractivity contribution in [1.82, 2.24) is 10.2 Å². The van der Waals surface area contributed by atoms with Gasteiger partial charge in [0.15, 0.2) is 0 Å². The third-order valence-electron chi connectivity index (χ3n) is 6.46. The topological polar surface area (TPSA) is 119 Å². The number of likely N-dealkylation sites (tertiary alicyclic amines) is 1. The maximum atomic E-state index is 13.2. The zero-order chi connectivity index (χ0) is 28.8. The summed E-state index contributed by atoms with van der Waals surface area (Å²) in [7, 11) is -3.78. The first-order valence-electron chi connectivity index (χ1n) is 12.6. The van der Waals surface area contributed by atoms with Crippen LogP contribution >= 0.6 is 0 Å². The number of carbonyl (C=O) groups excluding carboxylic acids is 1. The fourth-order valence-electron chi connectivity index (χ4n) is 4.41. The maximum Gasteiger partial charge on any atom is 0.490 e. The van der Waals surface area contributed by atoms with E-state index in [1.54, 1.807) is 30.3 Å². The molecule has 4 rings (SSSR count). The van der Waals surface area contributed by atoms with Gasteiger partial charge in [0.2, 0.25) is 0 Å². The van der Waals surface area contributed by atoms with Gasteiger partial charge in [0.05, 0.1) is 16.3 Å². The van der Waals surface area contributed by atoms with Crippen LogP contribution in [0.15, 0.2) is 47.4 Å². The van der Waals surface area contributed by atoms with Crippen LogP contribution in [0.25, 0.3) is 0 Å². The Morgan fingerprint density at radius 2 is 1.67 bits per heavy atom. The van der Waals surface area contributed by atoms with Crippen molar-refractivity contribution in [3.63, 3.8) is 0 Å². The summed E-state index contributed by atoms with van der Waals surface area (Å²) in [4.78, 5) is 26.3. The normalized spacial score (nSPS) is 18.1. The molecule has 2 saturated heterocycles. The Labute approximate surface area is 226 Å². The molecule has 1 unspecified atom stereocenters. The standard InChI is InChI=1S/C24H32N4O3S.C2HF3O2/c1-18-5-8-21(9-6-18)32(30,31)26-22-16-20(24(29)28-13-3-4-19(2)17-28)7-10-23(22)27-14-11-25-12-15-27;3-2(4,5)1(6)7/h5-10,16,19,25-26H,3-4,11-15,17H2,1-2H3;(H,6,7). The van der Waals surface area contributed by atoms with E-state index in [1.807, 2.05) is 24.0 Å². The zero-order valence-corrected chi connectivity index (χ0v) is 22.6. The molecule has 0 aliphatic carbocycles. The van der Waals surface area contributed by atoms with Crippen molar-refractivity contribution in [3.8, 4) is 0 Å². The van der Waals surface area contributed by atoms with Crippen molar-refractivity contribution >= 4 is 33.3 Å². The Morgan fingerprint density at radius 1 is 1.05 bits per heavy atom. The Hall–Kier alpha value is -3.32. The minimum atomic E-state index is -5.08. The van der Waals surface area contributed by atoms with Crippen molar-refractivity contribution in [2.75, 3.05) is 48.9 Å². The second-order valence-electron chi connectivity index (χ2n) is 9.69. The van der Waals surface area contributed by atoms with Crippen molar-refractivity contribution in [2.45, 2.75) is 37.8 Å². The van der Waals surface area contributed by atoms with Crippen LogP contribution in [0.3, 0.4) is 0 Å². The van der Waals surface area contributed by atoms with Gasteiger partial charge in [0.1, 0.15) is 0 Å². The number of aliphatic carboxylic acids is 1. The van der Waals surface area contributed by atoms with Crippen molar-refractivity contribution in [2.24, 2.45) is 5.92 Å². The number of anilines is 2. The lowest BCUT2D eigenvalue weighted by Gasteiger charge is -2.33. The van der Waals surface area contributed by atoms with Crippen LogP contribution in [0, 0.1) is 12.8 Å².